The Kier molecular flexibility index (Phi) is 14.0. The largest absolute Gasteiger partial charge is 0.480 e. The minimum Gasteiger partial charge on any atom is -0.480 e. The van der Waals surface area contributed by atoms with Crippen LogP contribution in [0.4, 0.5) is 0 Å². The Morgan fingerprint density at radius 3 is 2.04 bits per heavy atom. The van der Waals surface area contributed by atoms with Gasteiger partial charge in [0.15, 0.2) is 0 Å². The van der Waals surface area contributed by atoms with Crippen LogP contribution in [0.2, 0.25) is 0 Å². The van der Waals surface area contributed by atoms with Crippen molar-refractivity contribution in [2.75, 3.05) is 6.54 Å². The summed E-state index contributed by atoms with van der Waals surface area (Å²) >= 11 is 0. The first kappa shape index (κ1) is 24.2. The van der Waals surface area contributed by atoms with E-state index in [0.29, 0.717) is 12.3 Å². The monoisotopic (exact) mass is 389 g/mol. The quantitative estimate of drug-likeness (QED) is 0.318. The summed E-state index contributed by atoms with van der Waals surface area (Å²) < 4.78 is 0. The molecule has 2 N–H and O–H groups in total. The third-order valence-electron chi connectivity index (χ3n) is 5.32. The van der Waals surface area contributed by atoms with Crippen molar-refractivity contribution >= 4 is 11.9 Å². The molecule has 0 saturated heterocycles. The van der Waals surface area contributed by atoms with Gasteiger partial charge in [0, 0.05) is 6.42 Å². The van der Waals surface area contributed by atoms with Crippen LogP contribution in [0.5, 0.6) is 0 Å². The normalized spacial score (nSPS) is 11.9. The molecule has 0 unspecified atom stereocenters. The van der Waals surface area contributed by atoms with Crippen LogP contribution in [-0.4, -0.2) is 23.5 Å². The molecule has 1 aromatic rings. The fourth-order valence-electron chi connectivity index (χ4n) is 3.68. The van der Waals surface area contributed by atoms with Gasteiger partial charge in [-0.2, -0.15) is 0 Å². The zero-order valence-corrected chi connectivity index (χ0v) is 17.6. The highest BCUT2D eigenvalue weighted by Crippen LogP contribution is 2.28. The van der Waals surface area contributed by atoms with E-state index >= 15 is 0 Å². The number of hydrogen-bond acceptors (Lipinski definition) is 2. The molecule has 0 aliphatic carbocycles. The van der Waals surface area contributed by atoms with E-state index in [1.807, 2.05) is 6.07 Å². The third kappa shape index (κ3) is 12.5. The topological polar surface area (TPSA) is 66.4 Å². The lowest BCUT2D eigenvalue weighted by Crippen LogP contribution is -2.28. The van der Waals surface area contributed by atoms with Crippen LogP contribution in [0, 0.1) is 0 Å². The smallest absolute Gasteiger partial charge is 0.322 e. The number of amides is 1. The van der Waals surface area contributed by atoms with Gasteiger partial charge in [0.25, 0.3) is 0 Å². The third-order valence-corrected chi connectivity index (χ3v) is 5.32. The summed E-state index contributed by atoms with van der Waals surface area (Å²) in [4.78, 5) is 22.2. The van der Waals surface area contributed by atoms with E-state index in [9.17, 15) is 9.59 Å². The van der Waals surface area contributed by atoms with Gasteiger partial charge in [-0.05, 0) is 30.7 Å². The number of carboxylic acids is 1. The number of aliphatic carboxylic acids is 1. The minimum absolute atomic E-state index is 0.169. The first-order chi connectivity index (χ1) is 13.6. The van der Waals surface area contributed by atoms with Crippen molar-refractivity contribution in [2.45, 2.75) is 96.3 Å². The Morgan fingerprint density at radius 2 is 1.43 bits per heavy atom. The number of hydrogen-bond donors (Lipinski definition) is 2. The first-order valence-electron chi connectivity index (χ1n) is 11.2. The predicted molar refractivity (Wildman–Crippen MR) is 116 cm³/mol. The molecule has 1 aromatic carbocycles. The minimum atomic E-state index is -0.999. The summed E-state index contributed by atoms with van der Waals surface area (Å²) in [7, 11) is 0. The Balaban J connectivity index is 2.27. The fourth-order valence-corrected chi connectivity index (χ4v) is 3.68. The lowest BCUT2D eigenvalue weighted by molar-refractivity contribution is -0.137. The molecular formula is C24H39NO3. The SMILES string of the molecule is CCCCCCCCCCC[C@@H](CCCC(=O)NCC(=O)O)c1ccccc1. The van der Waals surface area contributed by atoms with Crippen molar-refractivity contribution in [3.8, 4) is 0 Å². The molecule has 158 valence electrons. The summed E-state index contributed by atoms with van der Waals surface area (Å²) in [5.41, 5.74) is 1.35. The van der Waals surface area contributed by atoms with Crippen molar-refractivity contribution in [3.63, 3.8) is 0 Å². The summed E-state index contributed by atoms with van der Waals surface area (Å²) in [6.45, 7) is 1.96. The van der Waals surface area contributed by atoms with E-state index in [-0.39, 0.29) is 12.5 Å². The van der Waals surface area contributed by atoms with Crippen molar-refractivity contribution in [2.24, 2.45) is 0 Å². The van der Waals surface area contributed by atoms with Gasteiger partial charge in [-0.3, -0.25) is 9.59 Å². The molecule has 0 aliphatic heterocycles. The van der Waals surface area contributed by atoms with Crippen molar-refractivity contribution in [1.29, 1.82) is 0 Å². The molecule has 0 fully saturated rings. The van der Waals surface area contributed by atoms with Crippen LogP contribution in [0.1, 0.15) is 102 Å². The van der Waals surface area contributed by atoms with Gasteiger partial charge >= 0.3 is 5.97 Å². The maximum atomic E-state index is 11.7. The number of benzene rings is 1. The summed E-state index contributed by atoms with van der Waals surface area (Å²) in [6.07, 6.45) is 15.3. The summed E-state index contributed by atoms with van der Waals surface area (Å²) in [6, 6.07) is 10.6. The highest BCUT2D eigenvalue weighted by atomic mass is 16.4. The Bertz CT molecular complexity index is 530. The molecule has 0 aliphatic rings. The molecule has 0 bridgehead atoms. The molecule has 0 heterocycles. The Hall–Kier alpha value is -1.84. The maximum Gasteiger partial charge on any atom is 0.322 e. The molecule has 4 heteroatoms. The van der Waals surface area contributed by atoms with Gasteiger partial charge in [0.1, 0.15) is 6.54 Å². The van der Waals surface area contributed by atoms with Crippen LogP contribution in [0.25, 0.3) is 0 Å². The number of carbonyl (C=O) groups is 2. The number of carbonyl (C=O) groups excluding carboxylic acids is 1. The second-order valence-electron chi connectivity index (χ2n) is 7.79. The van der Waals surface area contributed by atoms with Gasteiger partial charge in [-0.1, -0.05) is 95.0 Å². The average molecular weight is 390 g/mol. The van der Waals surface area contributed by atoms with E-state index in [1.165, 1.54) is 63.4 Å². The molecule has 4 nitrogen and oxygen atoms in total. The number of carboxylic acid groups (broad SMARTS) is 1. The molecule has 0 saturated carbocycles. The lowest BCUT2D eigenvalue weighted by Gasteiger charge is -2.17. The summed E-state index contributed by atoms with van der Waals surface area (Å²) in [5.74, 6) is -0.684. The number of rotatable bonds is 17. The maximum absolute atomic E-state index is 11.7. The van der Waals surface area contributed by atoms with Crippen LogP contribution < -0.4 is 5.32 Å². The summed E-state index contributed by atoms with van der Waals surface area (Å²) in [5, 5.41) is 11.1. The Labute approximate surface area is 171 Å². The van der Waals surface area contributed by atoms with Crippen molar-refractivity contribution < 1.29 is 14.7 Å². The van der Waals surface area contributed by atoms with E-state index < -0.39 is 5.97 Å². The molecule has 0 aromatic heterocycles. The van der Waals surface area contributed by atoms with Gasteiger partial charge in [0.05, 0.1) is 0 Å². The lowest BCUT2D eigenvalue weighted by atomic mass is 9.88. The van der Waals surface area contributed by atoms with Gasteiger partial charge < -0.3 is 10.4 Å². The molecule has 1 atom stereocenters. The number of nitrogens with one attached hydrogen (secondary N) is 1. The van der Waals surface area contributed by atoms with Crippen LogP contribution in [0.15, 0.2) is 30.3 Å². The van der Waals surface area contributed by atoms with E-state index in [4.69, 9.17) is 5.11 Å². The van der Waals surface area contributed by atoms with Gasteiger partial charge in [-0.25, -0.2) is 0 Å². The molecular weight excluding hydrogens is 350 g/mol. The predicted octanol–water partition coefficient (Wildman–Crippen LogP) is 6.06. The van der Waals surface area contributed by atoms with Crippen molar-refractivity contribution in [1.82, 2.24) is 5.32 Å². The second-order valence-corrected chi connectivity index (χ2v) is 7.79. The van der Waals surface area contributed by atoms with Crippen molar-refractivity contribution in [3.05, 3.63) is 35.9 Å². The molecule has 28 heavy (non-hydrogen) atoms. The molecule has 0 spiro atoms. The van der Waals surface area contributed by atoms with Crippen LogP contribution in [0.3, 0.4) is 0 Å². The molecule has 1 rings (SSSR count). The van der Waals surface area contributed by atoms with E-state index in [2.05, 4.69) is 36.5 Å². The number of unbranched alkanes of at least 4 members (excludes halogenated alkanes) is 8. The zero-order valence-electron chi connectivity index (χ0n) is 17.6. The van der Waals surface area contributed by atoms with Gasteiger partial charge in [-0.15, -0.1) is 0 Å². The van der Waals surface area contributed by atoms with E-state index in [0.717, 1.165) is 19.3 Å². The fraction of sp³-hybridized carbons (Fsp3) is 0.667. The van der Waals surface area contributed by atoms with Gasteiger partial charge in [0.2, 0.25) is 5.91 Å². The van der Waals surface area contributed by atoms with Crippen LogP contribution in [-0.2, 0) is 9.59 Å². The highest BCUT2D eigenvalue weighted by molar-refractivity contribution is 5.80. The zero-order chi connectivity index (χ0) is 20.5. The second kappa shape index (κ2) is 16.1. The Morgan fingerprint density at radius 1 is 0.857 bits per heavy atom. The van der Waals surface area contributed by atoms with Crippen LogP contribution >= 0.6 is 0 Å². The average Bonchev–Trinajstić information content (AvgIpc) is 2.70. The standard InChI is InChI=1S/C24H39NO3/c1-2-3-4-5-6-7-8-9-11-15-22(21-16-12-10-13-17-21)18-14-19-23(26)25-20-24(27)28/h10,12-13,16-17,22H,2-9,11,14-15,18-20H2,1H3,(H,25,26)(H,27,28)/t22-/m0/s1. The van der Waals surface area contributed by atoms with E-state index in [1.54, 1.807) is 0 Å². The first-order valence-corrected chi connectivity index (χ1v) is 11.2. The molecule has 1 amide bonds. The highest BCUT2D eigenvalue weighted by Gasteiger charge is 2.12. The molecule has 0 radical (unpaired) electrons.